The molecule has 0 heterocycles. The summed E-state index contributed by atoms with van der Waals surface area (Å²) in [7, 11) is 0. The van der Waals surface area contributed by atoms with E-state index in [9.17, 15) is 14.0 Å². The zero-order valence-electron chi connectivity index (χ0n) is 18.4. The number of hydrogen-bond acceptors (Lipinski definition) is 4. The van der Waals surface area contributed by atoms with Gasteiger partial charge in [0.25, 0.3) is 0 Å². The van der Waals surface area contributed by atoms with Crippen molar-refractivity contribution in [1.82, 2.24) is 5.43 Å². The molecule has 0 radical (unpaired) electrons. The van der Waals surface area contributed by atoms with Gasteiger partial charge in [-0.15, -0.1) is 0 Å². The zero-order valence-corrected chi connectivity index (χ0v) is 18.4. The van der Waals surface area contributed by atoms with E-state index in [0.717, 1.165) is 21.9 Å². The number of aryl methyl sites for hydroxylation is 1. The molecule has 0 aliphatic heterocycles. The molecule has 34 heavy (non-hydrogen) atoms. The third-order valence-corrected chi connectivity index (χ3v) is 5.08. The van der Waals surface area contributed by atoms with Gasteiger partial charge in [0, 0.05) is 11.3 Å². The highest BCUT2D eigenvalue weighted by atomic mass is 19.1. The van der Waals surface area contributed by atoms with Gasteiger partial charge in [-0.1, -0.05) is 54.6 Å². The van der Waals surface area contributed by atoms with Gasteiger partial charge in [0.1, 0.15) is 18.2 Å². The number of nitrogens with zero attached hydrogens (tertiary/aromatic N) is 1. The van der Waals surface area contributed by atoms with Crippen LogP contribution in [0.15, 0.2) is 90.0 Å². The van der Waals surface area contributed by atoms with Crippen molar-refractivity contribution in [1.29, 1.82) is 0 Å². The lowest BCUT2D eigenvalue weighted by Crippen LogP contribution is -2.32. The summed E-state index contributed by atoms with van der Waals surface area (Å²) in [5.41, 5.74) is 5.18. The van der Waals surface area contributed by atoms with Crippen molar-refractivity contribution in [3.8, 4) is 5.75 Å². The molecule has 0 spiro atoms. The van der Waals surface area contributed by atoms with E-state index in [2.05, 4.69) is 15.8 Å². The molecule has 2 amide bonds. The van der Waals surface area contributed by atoms with E-state index in [1.54, 1.807) is 36.4 Å². The Morgan fingerprint density at radius 2 is 1.74 bits per heavy atom. The van der Waals surface area contributed by atoms with Crippen molar-refractivity contribution in [2.75, 3.05) is 5.32 Å². The second kappa shape index (κ2) is 10.4. The van der Waals surface area contributed by atoms with Gasteiger partial charge >= 0.3 is 11.8 Å². The van der Waals surface area contributed by atoms with Gasteiger partial charge in [-0.05, 0) is 59.2 Å². The standard InChI is InChI=1S/C27H22FN3O3/c1-18-5-4-7-22(15-18)30-26(32)27(33)31-29-16-24-23-8-3-2-6-20(23)11-14-25(24)34-17-19-9-12-21(28)13-10-19/h2-16H,17H2,1H3,(H,30,32)(H,31,33)/b29-16+. The Balaban J connectivity index is 1.50. The summed E-state index contributed by atoms with van der Waals surface area (Å²) in [6, 6.07) is 24.6. The smallest absolute Gasteiger partial charge is 0.329 e. The highest BCUT2D eigenvalue weighted by Crippen LogP contribution is 2.27. The Labute approximate surface area is 196 Å². The molecule has 6 nitrogen and oxygen atoms in total. The van der Waals surface area contributed by atoms with E-state index >= 15 is 0 Å². The van der Waals surface area contributed by atoms with Gasteiger partial charge in [-0.3, -0.25) is 9.59 Å². The predicted molar refractivity (Wildman–Crippen MR) is 130 cm³/mol. The number of fused-ring (bicyclic) bond motifs is 1. The third kappa shape index (κ3) is 5.63. The zero-order chi connectivity index (χ0) is 23.9. The van der Waals surface area contributed by atoms with Crippen molar-refractivity contribution < 1.29 is 18.7 Å². The number of nitrogens with one attached hydrogen (secondary N) is 2. The minimum Gasteiger partial charge on any atom is -0.488 e. The first-order chi connectivity index (χ1) is 16.5. The number of carbonyl (C=O) groups excluding carboxylic acids is 2. The van der Waals surface area contributed by atoms with E-state index in [4.69, 9.17) is 4.74 Å². The first-order valence-electron chi connectivity index (χ1n) is 10.6. The van der Waals surface area contributed by atoms with Crippen LogP contribution >= 0.6 is 0 Å². The minimum absolute atomic E-state index is 0.227. The topological polar surface area (TPSA) is 79.8 Å². The quantitative estimate of drug-likeness (QED) is 0.245. The van der Waals surface area contributed by atoms with Gasteiger partial charge in [0.05, 0.1) is 6.21 Å². The number of amides is 2. The van der Waals surface area contributed by atoms with Crippen molar-refractivity contribution in [3.05, 3.63) is 107 Å². The molecule has 4 rings (SSSR count). The van der Waals surface area contributed by atoms with Gasteiger partial charge in [-0.25, -0.2) is 9.82 Å². The molecule has 170 valence electrons. The van der Waals surface area contributed by atoms with Crippen LogP contribution in [0.25, 0.3) is 10.8 Å². The fraction of sp³-hybridized carbons (Fsp3) is 0.0741. The molecule has 0 fully saturated rings. The van der Waals surface area contributed by atoms with Crippen LogP contribution in [0, 0.1) is 12.7 Å². The molecule has 4 aromatic carbocycles. The number of hydrogen-bond donors (Lipinski definition) is 2. The second-order valence-corrected chi connectivity index (χ2v) is 7.64. The molecule has 0 saturated carbocycles. The van der Waals surface area contributed by atoms with Crippen LogP contribution in [0.5, 0.6) is 5.75 Å². The van der Waals surface area contributed by atoms with Gasteiger partial charge in [0.15, 0.2) is 0 Å². The fourth-order valence-electron chi connectivity index (χ4n) is 3.39. The first kappa shape index (κ1) is 22.7. The van der Waals surface area contributed by atoms with Gasteiger partial charge < -0.3 is 10.1 Å². The predicted octanol–water partition coefficient (Wildman–Crippen LogP) is 4.96. The molecule has 2 N–H and O–H groups in total. The molecule has 0 saturated heterocycles. The molecule has 0 aliphatic rings. The fourth-order valence-corrected chi connectivity index (χ4v) is 3.39. The summed E-state index contributed by atoms with van der Waals surface area (Å²) in [6.07, 6.45) is 1.44. The van der Waals surface area contributed by atoms with Crippen LogP contribution in [-0.2, 0) is 16.2 Å². The van der Waals surface area contributed by atoms with Crippen LogP contribution in [-0.4, -0.2) is 18.0 Å². The second-order valence-electron chi connectivity index (χ2n) is 7.64. The van der Waals surface area contributed by atoms with Crippen molar-refractivity contribution >= 4 is 34.5 Å². The summed E-state index contributed by atoms with van der Waals surface area (Å²) in [4.78, 5) is 24.4. The SMILES string of the molecule is Cc1cccc(NC(=O)C(=O)N/N=C/c2c(OCc3ccc(F)cc3)ccc3ccccc23)c1. The molecule has 7 heteroatoms. The van der Waals surface area contributed by atoms with Crippen molar-refractivity contribution in [3.63, 3.8) is 0 Å². The van der Waals surface area contributed by atoms with Crippen LogP contribution in [0.4, 0.5) is 10.1 Å². The summed E-state index contributed by atoms with van der Waals surface area (Å²) >= 11 is 0. The van der Waals surface area contributed by atoms with Crippen LogP contribution in [0.3, 0.4) is 0 Å². The maximum absolute atomic E-state index is 13.2. The minimum atomic E-state index is -0.897. The largest absolute Gasteiger partial charge is 0.488 e. The Morgan fingerprint density at radius 1 is 0.941 bits per heavy atom. The highest BCUT2D eigenvalue weighted by molar-refractivity contribution is 6.39. The molecule has 0 unspecified atom stereocenters. The van der Waals surface area contributed by atoms with E-state index < -0.39 is 11.8 Å². The molecule has 0 bridgehead atoms. The van der Waals surface area contributed by atoms with E-state index in [1.807, 2.05) is 43.3 Å². The summed E-state index contributed by atoms with van der Waals surface area (Å²) in [6.45, 7) is 2.12. The summed E-state index contributed by atoms with van der Waals surface area (Å²) < 4.78 is 19.1. The molecule has 0 aliphatic carbocycles. The van der Waals surface area contributed by atoms with E-state index in [0.29, 0.717) is 17.0 Å². The molecule has 0 aromatic heterocycles. The number of benzene rings is 4. The van der Waals surface area contributed by atoms with E-state index in [-0.39, 0.29) is 12.4 Å². The first-order valence-corrected chi connectivity index (χ1v) is 10.6. The van der Waals surface area contributed by atoms with E-state index in [1.165, 1.54) is 18.3 Å². The Bertz CT molecular complexity index is 1370. The van der Waals surface area contributed by atoms with Crippen LogP contribution in [0.1, 0.15) is 16.7 Å². The Morgan fingerprint density at radius 3 is 2.53 bits per heavy atom. The lowest BCUT2D eigenvalue weighted by molar-refractivity contribution is -0.136. The monoisotopic (exact) mass is 455 g/mol. The lowest BCUT2D eigenvalue weighted by Gasteiger charge is -2.12. The Kier molecular flexibility index (Phi) is 6.93. The third-order valence-electron chi connectivity index (χ3n) is 5.08. The number of carbonyl (C=O) groups is 2. The highest BCUT2D eigenvalue weighted by Gasteiger charge is 2.13. The van der Waals surface area contributed by atoms with Crippen molar-refractivity contribution in [2.24, 2.45) is 5.10 Å². The van der Waals surface area contributed by atoms with Crippen LogP contribution < -0.4 is 15.5 Å². The average molecular weight is 455 g/mol. The normalized spacial score (nSPS) is 10.9. The number of anilines is 1. The molecular formula is C27H22FN3O3. The van der Waals surface area contributed by atoms with Gasteiger partial charge in [0.2, 0.25) is 0 Å². The molecule has 0 atom stereocenters. The van der Waals surface area contributed by atoms with Crippen LogP contribution in [0.2, 0.25) is 0 Å². The maximum Gasteiger partial charge on any atom is 0.329 e. The van der Waals surface area contributed by atoms with Gasteiger partial charge in [-0.2, -0.15) is 5.10 Å². The maximum atomic E-state index is 13.2. The number of hydrazone groups is 1. The Hall–Kier alpha value is -4.52. The summed E-state index contributed by atoms with van der Waals surface area (Å²) in [5.74, 6) is -1.50. The molecular weight excluding hydrogens is 433 g/mol. The number of ether oxygens (including phenoxy) is 1. The lowest BCUT2D eigenvalue weighted by atomic mass is 10.0. The molecule has 4 aromatic rings. The number of rotatable bonds is 6. The van der Waals surface area contributed by atoms with Crippen molar-refractivity contribution in [2.45, 2.75) is 13.5 Å². The summed E-state index contributed by atoms with van der Waals surface area (Å²) in [5, 5.41) is 8.34. The number of halogens is 1. The average Bonchev–Trinajstić information content (AvgIpc) is 2.84.